The van der Waals surface area contributed by atoms with E-state index in [0.717, 1.165) is 37.2 Å². The molecule has 6 heteroatoms. The third-order valence-electron chi connectivity index (χ3n) is 4.36. The SMILES string of the molecule is Cl.O=C(NC1CC1c1ccccc1)c1n[nH]c2c1CNCC2. The Morgan fingerprint density at radius 3 is 2.91 bits per heavy atom. The van der Waals surface area contributed by atoms with Crippen molar-refractivity contribution in [1.29, 1.82) is 0 Å². The van der Waals surface area contributed by atoms with E-state index in [1.54, 1.807) is 0 Å². The number of aromatic amines is 1. The number of hydrogen-bond donors (Lipinski definition) is 3. The number of amides is 1. The number of nitrogens with one attached hydrogen (secondary N) is 3. The first kappa shape index (κ1) is 15.1. The van der Waals surface area contributed by atoms with Crippen LogP contribution >= 0.6 is 12.4 Å². The summed E-state index contributed by atoms with van der Waals surface area (Å²) in [4.78, 5) is 12.4. The number of fused-ring (bicyclic) bond motifs is 1. The maximum Gasteiger partial charge on any atom is 0.272 e. The number of halogens is 1. The number of aromatic nitrogens is 2. The highest BCUT2D eigenvalue weighted by Crippen LogP contribution is 2.40. The van der Waals surface area contributed by atoms with E-state index in [4.69, 9.17) is 0 Å². The third-order valence-corrected chi connectivity index (χ3v) is 4.36. The molecule has 2 unspecified atom stereocenters. The minimum atomic E-state index is -0.0559. The van der Waals surface area contributed by atoms with Crippen molar-refractivity contribution in [3.8, 4) is 0 Å². The van der Waals surface area contributed by atoms with Gasteiger partial charge in [-0.1, -0.05) is 30.3 Å². The molecule has 116 valence electrons. The van der Waals surface area contributed by atoms with Crippen LogP contribution in [0.1, 0.15) is 39.6 Å². The first-order chi connectivity index (χ1) is 10.3. The highest BCUT2D eigenvalue weighted by molar-refractivity contribution is 5.94. The molecule has 4 rings (SSSR count). The number of nitrogens with zero attached hydrogens (tertiary/aromatic N) is 1. The summed E-state index contributed by atoms with van der Waals surface area (Å²) in [6, 6.07) is 10.6. The summed E-state index contributed by atoms with van der Waals surface area (Å²) >= 11 is 0. The summed E-state index contributed by atoms with van der Waals surface area (Å²) in [5.74, 6) is 0.391. The number of benzene rings is 1. The van der Waals surface area contributed by atoms with Gasteiger partial charge in [-0.25, -0.2) is 0 Å². The Balaban J connectivity index is 0.00000144. The summed E-state index contributed by atoms with van der Waals surface area (Å²) in [5.41, 5.74) is 3.97. The average Bonchev–Trinajstić information content (AvgIpc) is 3.15. The van der Waals surface area contributed by atoms with Gasteiger partial charge in [-0.15, -0.1) is 12.4 Å². The maximum atomic E-state index is 12.4. The second-order valence-corrected chi connectivity index (χ2v) is 5.79. The standard InChI is InChI=1S/C16H18N4O.ClH/c21-16(15-12-9-17-7-6-13(12)19-20-15)18-14-8-11(14)10-4-2-1-3-5-10;/h1-5,11,14,17H,6-9H2,(H,18,21)(H,19,20);1H. The molecule has 3 N–H and O–H groups in total. The molecule has 0 bridgehead atoms. The molecular weight excluding hydrogens is 300 g/mol. The third kappa shape index (κ3) is 2.74. The molecule has 1 aliphatic heterocycles. The Hall–Kier alpha value is -1.85. The molecule has 1 aromatic carbocycles. The normalized spacial score (nSPS) is 22.4. The number of rotatable bonds is 3. The van der Waals surface area contributed by atoms with Crippen LogP contribution in [0.5, 0.6) is 0 Å². The van der Waals surface area contributed by atoms with Crippen LogP contribution in [0.15, 0.2) is 30.3 Å². The number of carbonyl (C=O) groups excluding carboxylic acids is 1. The molecular formula is C16H19ClN4O. The van der Waals surface area contributed by atoms with E-state index < -0.39 is 0 Å². The minimum Gasteiger partial charge on any atom is -0.347 e. The number of carbonyl (C=O) groups is 1. The zero-order valence-corrected chi connectivity index (χ0v) is 13.0. The van der Waals surface area contributed by atoms with Crippen molar-refractivity contribution in [1.82, 2.24) is 20.8 Å². The average molecular weight is 319 g/mol. The molecule has 0 radical (unpaired) electrons. The number of H-pyrrole nitrogens is 1. The summed E-state index contributed by atoms with van der Waals surface area (Å²) < 4.78 is 0. The fourth-order valence-corrected chi connectivity index (χ4v) is 3.07. The van der Waals surface area contributed by atoms with Gasteiger partial charge in [0, 0.05) is 42.7 Å². The molecule has 1 amide bonds. The first-order valence-electron chi connectivity index (χ1n) is 7.45. The first-order valence-corrected chi connectivity index (χ1v) is 7.45. The van der Waals surface area contributed by atoms with Crippen LogP contribution in [0.2, 0.25) is 0 Å². The molecule has 1 aliphatic carbocycles. The monoisotopic (exact) mass is 318 g/mol. The van der Waals surface area contributed by atoms with Crippen LogP contribution in [0, 0.1) is 0 Å². The molecule has 1 fully saturated rings. The van der Waals surface area contributed by atoms with Gasteiger partial charge in [-0.3, -0.25) is 9.89 Å². The molecule has 2 aromatic rings. The molecule has 2 heterocycles. The van der Waals surface area contributed by atoms with Crippen LogP contribution in [-0.2, 0) is 13.0 Å². The molecule has 22 heavy (non-hydrogen) atoms. The Kier molecular flexibility index (Phi) is 4.18. The maximum absolute atomic E-state index is 12.4. The van der Waals surface area contributed by atoms with Crippen LogP contribution in [0.25, 0.3) is 0 Å². The largest absolute Gasteiger partial charge is 0.347 e. The van der Waals surface area contributed by atoms with Gasteiger partial charge in [0.2, 0.25) is 0 Å². The molecule has 1 saturated carbocycles. The van der Waals surface area contributed by atoms with Gasteiger partial charge in [0.15, 0.2) is 5.69 Å². The van der Waals surface area contributed by atoms with E-state index in [9.17, 15) is 4.79 Å². The zero-order valence-electron chi connectivity index (χ0n) is 12.1. The summed E-state index contributed by atoms with van der Waals surface area (Å²) in [5, 5.41) is 13.6. The quantitative estimate of drug-likeness (QED) is 0.807. The second kappa shape index (κ2) is 6.10. The van der Waals surface area contributed by atoms with E-state index in [2.05, 4.69) is 33.0 Å². The Morgan fingerprint density at radius 2 is 2.09 bits per heavy atom. The lowest BCUT2D eigenvalue weighted by Gasteiger charge is -2.12. The Morgan fingerprint density at radius 1 is 1.27 bits per heavy atom. The smallest absolute Gasteiger partial charge is 0.272 e. The molecule has 2 atom stereocenters. The van der Waals surface area contributed by atoms with Gasteiger partial charge in [-0.05, 0) is 12.0 Å². The topological polar surface area (TPSA) is 69.8 Å². The van der Waals surface area contributed by atoms with Crippen molar-refractivity contribution in [2.45, 2.75) is 31.3 Å². The van der Waals surface area contributed by atoms with Crippen molar-refractivity contribution in [2.24, 2.45) is 0 Å². The number of hydrogen-bond acceptors (Lipinski definition) is 3. The second-order valence-electron chi connectivity index (χ2n) is 5.79. The van der Waals surface area contributed by atoms with Gasteiger partial charge in [0.1, 0.15) is 0 Å². The van der Waals surface area contributed by atoms with Crippen molar-refractivity contribution in [2.75, 3.05) is 6.54 Å². The lowest BCUT2D eigenvalue weighted by molar-refractivity contribution is 0.0944. The fraction of sp³-hybridized carbons (Fsp3) is 0.375. The van der Waals surface area contributed by atoms with Gasteiger partial charge < -0.3 is 10.6 Å². The molecule has 2 aliphatic rings. The summed E-state index contributed by atoms with van der Waals surface area (Å²) in [6.45, 7) is 1.66. The van der Waals surface area contributed by atoms with Crippen LogP contribution < -0.4 is 10.6 Å². The van der Waals surface area contributed by atoms with Gasteiger partial charge >= 0.3 is 0 Å². The van der Waals surface area contributed by atoms with Gasteiger partial charge in [0.25, 0.3) is 5.91 Å². The van der Waals surface area contributed by atoms with E-state index >= 15 is 0 Å². The van der Waals surface area contributed by atoms with Gasteiger partial charge in [0.05, 0.1) is 0 Å². The van der Waals surface area contributed by atoms with Crippen LogP contribution in [0.4, 0.5) is 0 Å². The van der Waals surface area contributed by atoms with Gasteiger partial charge in [-0.2, -0.15) is 5.10 Å². The predicted molar refractivity (Wildman–Crippen MR) is 86.3 cm³/mol. The van der Waals surface area contributed by atoms with Crippen molar-refractivity contribution < 1.29 is 4.79 Å². The zero-order chi connectivity index (χ0) is 14.2. The van der Waals surface area contributed by atoms with E-state index in [-0.39, 0.29) is 24.4 Å². The molecule has 5 nitrogen and oxygen atoms in total. The molecule has 1 aromatic heterocycles. The Labute approximate surface area is 135 Å². The van der Waals surface area contributed by atoms with Crippen molar-refractivity contribution in [3.63, 3.8) is 0 Å². The lowest BCUT2D eigenvalue weighted by atomic mass is 10.1. The van der Waals surface area contributed by atoms with Crippen molar-refractivity contribution in [3.05, 3.63) is 52.8 Å². The molecule has 0 saturated heterocycles. The van der Waals surface area contributed by atoms with E-state index in [0.29, 0.717) is 11.6 Å². The summed E-state index contributed by atoms with van der Waals surface area (Å²) in [6.07, 6.45) is 1.92. The highest BCUT2D eigenvalue weighted by Gasteiger charge is 2.40. The molecule has 0 spiro atoms. The Bertz CT molecular complexity index is 670. The van der Waals surface area contributed by atoms with E-state index in [1.807, 2.05) is 18.2 Å². The minimum absolute atomic E-state index is 0. The van der Waals surface area contributed by atoms with E-state index in [1.165, 1.54) is 5.56 Å². The predicted octanol–water partition coefficient (Wildman–Crippen LogP) is 1.76. The van der Waals surface area contributed by atoms with Crippen molar-refractivity contribution >= 4 is 18.3 Å². The van der Waals surface area contributed by atoms with Crippen LogP contribution in [0.3, 0.4) is 0 Å². The van der Waals surface area contributed by atoms with Crippen LogP contribution in [-0.4, -0.2) is 28.7 Å². The summed E-state index contributed by atoms with van der Waals surface area (Å²) in [7, 11) is 0. The fourth-order valence-electron chi connectivity index (χ4n) is 3.07. The highest BCUT2D eigenvalue weighted by atomic mass is 35.5. The lowest BCUT2D eigenvalue weighted by Crippen LogP contribution is -2.30.